The Kier molecular flexibility index (Phi) is 4.01. The molecule has 7 heteroatoms. The quantitative estimate of drug-likeness (QED) is 0.857. The molecule has 1 fully saturated rings. The van der Waals surface area contributed by atoms with E-state index >= 15 is 0 Å². The second-order valence-electron chi connectivity index (χ2n) is 5.34. The number of aromatic nitrogens is 4. The molecule has 3 rings (SSSR count). The van der Waals surface area contributed by atoms with E-state index in [1.54, 1.807) is 17.2 Å². The fraction of sp³-hybridized carbons (Fsp3) is 0.500. The van der Waals surface area contributed by atoms with Crippen LogP contribution in [0, 0.1) is 0 Å². The largest absolute Gasteiger partial charge is 0.345 e. The summed E-state index contributed by atoms with van der Waals surface area (Å²) in [4.78, 5) is 16.3. The van der Waals surface area contributed by atoms with Gasteiger partial charge in [-0.15, -0.1) is 0 Å². The van der Waals surface area contributed by atoms with Crippen LogP contribution in [0.2, 0.25) is 0 Å². The van der Waals surface area contributed by atoms with Crippen LogP contribution in [0.25, 0.3) is 0 Å². The molecule has 1 amide bonds. The molecule has 0 saturated carbocycles. The van der Waals surface area contributed by atoms with Gasteiger partial charge in [0, 0.05) is 32.0 Å². The Morgan fingerprint density at radius 3 is 3.19 bits per heavy atom. The highest BCUT2D eigenvalue weighted by Gasteiger charge is 2.17. The highest BCUT2D eigenvalue weighted by molar-refractivity contribution is 5.91. The van der Waals surface area contributed by atoms with Crippen LogP contribution in [0.5, 0.6) is 0 Å². The smallest absolute Gasteiger partial charge is 0.271 e. The maximum absolute atomic E-state index is 12.1. The minimum absolute atomic E-state index is 0.154. The van der Waals surface area contributed by atoms with Gasteiger partial charge in [-0.25, -0.2) is 4.98 Å². The Balaban J connectivity index is 1.60. The van der Waals surface area contributed by atoms with E-state index in [-0.39, 0.29) is 5.91 Å². The third-order valence-electron chi connectivity index (χ3n) is 3.88. The minimum Gasteiger partial charge on any atom is -0.345 e. The predicted octanol–water partition coefficient (Wildman–Crippen LogP) is 0.471. The van der Waals surface area contributed by atoms with Crippen molar-refractivity contribution >= 4 is 5.91 Å². The van der Waals surface area contributed by atoms with Crippen molar-refractivity contribution in [1.29, 1.82) is 0 Å². The molecule has 21 heavy (non-hydrogen) atoms. The highest BCUT2D eigenvalue weighted by Crippen LogP contribution is 2.16. The van der Waals surface area contributed by atoms with Gasteiger partial charge in [-0.1, -0.05) is 0 Å². The summed E-state index contributed by atoms with van der Waals surface area (Å²) in [5, 5.41) is 10.3. The first-order chi connectivity index (χ1) is 10.2. The normalized spacial score (nSPS) is 18.6. The summed E-state index contributed by atoms with van der Waals surface area (Å²) in [6.45, 7) is 2.46. The lowest BCUT2D eigenvalue weighted by molar-refractivity contribution is 0.0945. The van der Waals surface area contributed by atoms with E-state index in [4.69, 9.17) is 0 Å². The molecule has 0 radical (unpaired) electrons. The van der Waals surface area contributed by atoms with Gasteiger partial charge in [0.25, 0.3) is 5.91 Å². The number of amides is 1. The second-order valence-corrected chi connectivity index (χ2v) is 5.34. The average Bonchev–Trinajstić information content (AvgIpc) is 3.15. The van der Waals surface area contributed by atoms with Crippen molar-refractivity contribution in [3.8, 4) is 0 Å². The van der Waals surface area contributed by atoms with Crippen LogP contribution in [0.15, 0.2) is 24.8 Å². The number of aryl methyl sites for hydroxylation is 1. The van der Waals surface area contributed by atoms with E-state index in [1.165, 1.54) is 0 Å². The summed E-state index contributed by atoms with van der Waals surface area (Å²) in [5.74, 6) is -0.154. The van der Waals surface area contributed by atoms with E-state index in [0.717, 1.165) is 31.6 Å². The van der Waals surface area contributed by atoms with Gasteiger partial charge in [-0.2, -0.15) is 5.10 Å². The number of carbonyl (C=O) groups is 1. The van der Waals surface area contributed by atoms with Crippen LogP contribution < -0.4 is 10.6 Å². The van der Waals surface area contributed by atoms with Gasteiger partial charge in [-0.3, -0.25) is 9.48 Å². The summed E-state index contributed by atoms with van der Waals surface area (Å²) >= 11 is 0. The molecule has 7 nitrogen and oxygen atoms in total. The van der Waals surface area contributed by atoms with Crippen molar-refractivity contribution in [3.05, 3.63) is 36.2 Å². The van der Waals surface area contributed by atoms with E-state index in [1.807, 2.05) is 23.9 Å². The Morgan fingerprint density at radius 2 is 2.48 bits per heavy atom. The first-order valence-corrected chi connectivity index (χ1v) is 7.23. The minimum atomic E-state index is -0.154. The molecule has 1 aliphatic rings. The van der Waals surface area contributed by atoms with E-state index in [2.05, 4.69) is 20.7 Å². The maximum atomic E-state index is 12.1. The molecule has 0 bridgehead atoms. The molecule has 1 unspecified atom stereocenters. The molecule has 1 saturated heterocycles. The number of piperidine rings is 1. The Labute approximate surface area is 123 Å². The van der Waals surface area contributed by atoms with Crippen LogP contribution in [0.1, 0.15) is 35.1 Å². The lowest BCUT2D eigenvalue weighted by Gasteiger charge is -2.23. The number of nitrogens with zero attached hydrogens (tertiary/aromatic N) is 4. The first-order valence-electron chi connectivity index (χ1n) is 7.23. The lowest BCUT2D eigenvalue weighted by Crippen LogP contribution is -2.31. The summed E-state index contributed by atoms with van der Waals surface area (Å²) in [5.41, 5.74) is 1.42. The number of nitrogens with one attached hydrogen (secondary N) is 2. The van der Waals surface area contributed by atoms with Gasteiger partial charge in [0.15, 0.2) is 0 Å². The van der Waals surface area contributed by atoms with Crippen LogP contribution in [0.3, 0.4) is 0 Å². The van der Waals surface area contributed by atoms with Crippen LogP contribution in [0.4, 0.5) is 0 Å². The summed E-state index contributed by atoms with van der Waals surface area (Å²) in [6.07, 6.45) is 7.57. The van der Waals surface area contributed by atoms with Crippen molar-refractivity contribution in [3.63, 3.8) is 0 Å². The second kappa shape index (κ2) is 6.09. The highest BCUT2D eigenvalue weighted by atomic mass is 16.1. The Morgan fingerprint density at radius 1 is 1.57 bits per heavy atom. The Hall–Kier alpha value is -2.15. The zero-order chi connectivity index (χ0) is 14.7. The van der Waals surface area contributed by atoms with E-state index < -0.39 is 0 Å². The zero-order valence-corrected chi connectivity index (χ0v) is 12.1. The van der Waals surface area contributed by atoms with Crippen LogP contribution >= 0.6 is 0 Å². The lowest BCUT2D eigenvalue weighted by atomic mass is 10.1. The van der Waals surface area contributed by atoms with Crippen molar-refractivity contribution in [2.45, 2.75) is 25.4 Å². The van der Waals surface area contributed by atoms with E-state index in [0.29, 0.717) is 18.3 Å². The molecular weight excluding hydrogens is 268 g/mol. The van der Waals surface area contributed by atoms with Gasteiger partial charge in [0.1, 0.15) is 5.69 Å². The molecule has 0 aliphatic carbocycles. The summed E-state index contributed by atoms with van der Waals surface area (Å²) in [7, 11) is 1.85. The fourth-order valence-corrected chi connectivity index (χ4v) is 2.58. The molecular formula is C14H20N6O. The molecule has 2 aromatic rings. The number of carbonyl (C=O) groups excluding carboxylic acids is 1. The van der Waals surface area contributed by atoms with E-state index in [9.17, 15) is 4.79 Å². The molecule has 2 N–H and O–H groups in total. The van der Waals surface area contributed by atoms with Crippen molar-refractivity contribution in [2.75, 3.05) is 13.1 Å². The maximum Gasteiger partial charge on any atom is 0.271 e. The first kappa shape index (κ1) is 13.8. The molecule has 1 atom stereocenters. The Bertz CT molecular complexity index is 611. The standard InChI is InChI=1S/C14H20N6O/c1-19-11(4-6-18-19)8-16-14(21)13-9-20(10-17-13)12-3-2-5-15-7-12/h4,6,9-10,12,15H,2-3,5,7-8H2,1H3,(H,16,21). The van der Waals surface area contributed by atoms with Gasteiger partial charge in [0.2, 0.25) is 0 Å². The molecule has 3 heterocycles. The topological polar surface area (TPSA) is 76.8 Å². The molecule has 2 aromatic heterocycles. The van der Waals surface area contributed by atoms with Gasteiger partial charge >= 0.3 is 0 Å². The van der Waals surface area contributed by atoms with Gasteiger partial charge in [-0.05, 0) is 25.5 Å². The van der Waals surface area contributed by atoms with Crippen LogP contribution in [-0.4, -0.2) is 38.3 Å². The molecule has 0 aromatic carbocycles. The third kappa shape index (κ3) is 3.13. The van der Waals surface area contributed by atoms with Crippen molar-refractivity contribution < 1.29 is 4.79 Å². The monoisotopic (exact) mass is 288 g/mol. The molecule has 1 aliphatic heterocycles. The molecule has 0 spiro atoms. The van der Waals surface area contributed by atoms with Crippen molar-refractivity contribution in [2.24, 2.45) is 7.05 Å². The van der Waals surface area contributed by atoms with Gasteiger partial charge < -0.3 is 15.2 Å². The number of imidazole rings is 1. The fourth-order valence-electron chi connectivity index (χ4n) is 2.58. The van der Waals surface area contributed by atoms with Crippen molar-refractivity contribution in [1.82, 2.24) is 30.0 Å². The molecule has 112 valence electrons. The summed E-state index contributed by atoms with van der Waals surface area (Å²) < 4.78 is 3.78. The van der Waals surface area contributed by atoms with Crippen LogP contribution in [-0.2, 0) is 13.6 Å². The summed E-state index contributed by atoms with van der Waals surface area (Å²) in [6, 6.07) is 2.27. The average molecular weight is 288 g/mol. The zero-order valence-electron chi connectivity index (χ0n) is 12.1. The number of hydrogen-bond acceptors (Lipinski definition) is 4. The SMILES string of the molecule is Cn1nccc1CNC(=O)c1cn(C2CCCNC2)cn1. The predicted molar refractivity (Wildman–Crippen MR) is 77.7 cm³/mol. The number of rotatable bonds is 4. The van der Waals surface area contributed by atoms with Gasteiger partial charge in [0.05, 0.1) is 18.6 Å². The third-order valence-corrected chi connectivity index (χ3v) is 3.88. The number of hydrogen-bond donors (Lipinski definition) is 2.